The maximum atomic E-state index is 12.3. The van der Waals surface area contributed by atoms with Crippen LogP contribution in [0, 0.1) is 16.0 Å². The second kappa shape index (κ2) is 7.25. The van der Waals surface area contributed by atoms with Crippen LogP contribution in [-0.2, 0) is 17.8 Å². The van der Waals surface area contributed by atoms with Gasteiger partial charge in [0.25, 0.3) is 0 Å². The number of carbonyl (C=O) groups is 1. The second-order valence-corrected chi connectivity index (χ2v) is 6.15. The van der Waals surface area contributed by atoms with E-state index in [4.69, 9.17) is 0 Å². The van der Waals surface area contributed by atoms with Gasteiger partial charge in [-0.2, -0.15) is 5.10 Å². The first-order valence-electron chi connectivity index (χ1n) is 8.10. The topological polar surface area (TPSA) is 81.3 Å². The third-order valence-electron chi connectivity index (χ3n) is 4.39. The van der Waals surface area contributed by atoms with E-state index in [1.165, 1.54) is 22.6 Å². The van der Waals surface area contributed by atoms with Gasteiger partial charge in [0, 0.05) is 26.1 Å². The fourth-order valence-electron chi connectivity index (χ4n) is 3.11. The van der Waals surface area contributed by atoms with Gasteiger partial charge in [-0.25, -0.2) is 0 Å². The van der Waals surface area contributed by atoms with Crippen molar-refractivity contribution in [2.45, 2.75) is 25.8 Å². The fraction of sp³-hybridized carbons (Fsp3) is 0.412. The lowest BCUT2D eigenvalue weighted by Crippen LogP contribution is -2.29. The lowest BCUT2D eigenvalue weighted by Gasteiger charge is -2.16. The summed E-state index contributed by atoms with van der Waals surface area (Å²) in [5.41, 5.74) is 1.26. The van der Waals surface area contributed by atoms with Crippen LogP contribution < -0.4 is 0 Å². The minimum atomic E-state index is -0.486. The molecule has 1 aromatic heterocycles. The molecule has 0 aliphatic carbocycles. The van der Waals surface area contributed by atoms with E-state index in [-0.39, 0.29) is 11.6 Å². The largest absolute Gasteiger partial charge is 0.342 e. The Bertz CT molecular complexity index is 714. The Morgan fingerprint density at radius 1 is 1.33 bits per heavy atom. The van der Waals surface area contributed by atoms with E-state index in [1.807, 2.05) is 23.1 Å². The van der Waals surface area contributed by atoms with Crippen LogP contribution in [0.1, 0.15) is 18.4 Å². The van der Waals surface area contributed by atoms with Crippen molar-refractivity contribution in [3.8, 4) is 0 Å². The number of aryl methyl sites for hydroxylation is 1. The minimum Gasteiger partial charge on any atom is -0.342 e. The quantitative estimate of drug-likeness (QED) is 0.602. The van der Waals surface area contributed by atoms with Crippen LogP contribution in [0.3, 0.4) is 0 Å². The van der Waals surface area contributed by atoms with Crippen LogP contribution in [0.5, 0.6) is 0 Å². The van der Waals surface area contributed by atoms with Crippen molar-refractivity contribution in [3.05, 3.63) is 58.4 Å². The molecule has 1 fully saturated rings. The lowest BCUT2D eigenvalue weighted by molar-refractivity contribution is -0.385. The normalized spacial score (nSPS) is 17.2. The molecule has 2 heterocycles. The first-order valence-corrected chi connectivity index (χ1v) is 8.10. The number of amides is 1. The van der Waals surface area contributed by atoms with Crippen LogP contribution in [-0.4, -0.2) is 38.6 Å². The fourth-order valence-corrected chi connectivity index (χ4v) is 3.11. The molecule has 24 heavy (non-hydrogen) atoms. The number of hydrogen-bond donors (Lipinski definition) is 0. The maximum absolute atomic E-state index is 12.3. The summed E-state index contributed by atoms with van der Waals surface area (Å²) >= 11 is 0. The standard InChI is InChI=1S/C17H20N4O3/c22-17(7-9-20-13-16(11-18-20)21(23)24)19-8-6-15(12-19)10-14-4-2-1-3-5-14/h1-5,11,13,15H,6-10,12H2/t15-/m0/s1. The summed E-state index contributed by atoms with van der Waals surface area (Å²) in [5, 5.41) is 14.5. The molecule has 3 rings (SSSR count). The summed E-state index contributed by atoms with van der Waals surface area (Å²) in [5.74, 6) is 0.589. The number of nitrogens with zero attached hydrogens (tertiary/aromatic N) is 4. The molecule has 0 N–H and O–H groups in total. The maximum Gasteiger partial charge on any atom is 0.306 e. The first kappa shape index (κ1) is 16.2. The summed E-state index contributed by atoms with van der Waals surface area (Å²) in [6, 6.07) is 10.3. The number of hydrogen-bond acceptors (Lipinski definition) is 4. The molecule has 0 radical (unpaired) electrons. The monoisotopic (exact) mass is 328 g/mol. The number of nitro groups is 1. The van der Waals surface area contributed by atoms with Gasteiger partial charge in [0.2, 0.25) is 5.91 Å². The van der Waals surface area contributed by atoms with Gasteiger partial charge in [-0.3, -0.25) is 19.6 Å². The van der Waals surface area contributed by atoms with E-state index in [2.05, 4.69) is 17.2 Å². The van der Waals surface area contributed by atoms with Crippen LogP contribution in [0.15, 0.2) is 42.7 Å². The second-order valence-electron chi connectivity index (χ2n) is 6.15. The van der Waals surface area contributed by atoms with E-state index >= 15 is 0 Å². The van der Waals surface area contributed by atoms with Crippen LogP contribution >= 0.6 is 0 Å². The molecule has 0 unspecified atom stereocenters. The van der Waals surface area contributed by atoms with E-state index < -0.39 is 4.92 Å². The number of aromatic nitrogens is 2. The number of carbonyl (C=O) groups excluding carboxylic acids is 1. The number of benzene rings is 1. The van der Waals surface area contributed by atoms with Crippen molar-refractivity contribution >= 4 is 11.6 Å². The molecule has 7 nitrogen and oxygen atoms in total. The van der Waals surface area contributed by atoms with Gasteiger partial charge in [0.15, 0.2) is 0 Å². The Morgan fingerprint density at radius 3 is 2.83 bits per heavy atom. The van der Waals surface area contributed by atoms with Crippen molar-refractivity contribution in [2.24, 2.45) is 5.92 Å². The molecule has 0 spiro atoms. The van der Waals surface area contributed by atoms with Gasteiger partial charge in [-0.15, -0.1) is 0 Å². The molecule has 2 aromatic rings. The third-order valence-corrected chi connectivity index (χ3v) is 4.39. The van der Waals surface area contributed by atoms with Crippen molar-refractivity contribution in [1.82, 2.24) is 14.7 Å². The molecule has 0 bridgehead atoms. The summed E-state index contributed by atoms with van der Waals surface area (Å²) < 4.78 is 1.45. The van der Waals surface area contributed by atoms with Crippen LogP contribution in [0.4, 0.5) is 5.69 Å². The smallest absolute Gasteiger partial charge is 0.306 e. The van der Waals surface area contributed by atoms with E-state index in [9.17, 15) is 14.9 Å². The molecular weight excluding hydrogens is 308 g/mol. The molecule has 1 amide bonds. The van der Waals surface area contributed by atoms with Crippen molar-refractivity contribution < 1.29 is 9.72 Å². The Labute approximate surface area is 140 Å². The number of likely N-dealkylation sites (tertiary alicyclic amines) is 1. The summed E-state index contributed by atoms with van der Waals surface area (Å²) in [4.78, 5) is 24.3. The Morgan fingerprint density at radius 2 is 2.12 bits per heavy atom. The predicted octanol–water partition coefficient (Wildman–Crippen LogP) is 2.27. The highest BCUT2D eigenvalue weighted by Gasteiger charge is 2.26. The molecule has 1 aliphatic heterocycles. The highest BCUT2D eigenvalue weighted by molar-refractivity contribution is 5.76. The zero-order valence-electron chi connectivity index (χ0n) is 13.4. The van der Waals surface area contributed by atoms with Gasteiger partial charge < -0.3 is 4.90 Å². The first-order chi connectivity index (χ1) is 11.6. The molecule has 1 aliphatic rings. The average Bonchev–Trinajstić information content (AvgIpc) is 3.23. The van der Waals surface area contributed by atoms with Gasteiger partial charge in [0.05, 0.1) is 4.92 Å². The Kier molecular flexibility index (Phi) is 4.88. The lowest BCUT2D eigenvalue weighted by atomic mass is 9.99. The van der Waals surface area contributed by atoms with Crippen LogP contribution in [0.25, 0.3) is 0 Å². The number of rotatable bonds is 6. The predicted molar refractivity (Wildman–Crippen MR) is 88.3 cm³/mol. The van der Waals surface area contributed by atoms with E-state index in [0.717, 1.165) is 25.9 Å². The summed E-state index contributed by atoms with van der Waals surface area (Å²) in [7, 11) is 0. The molecule has 1 saturated heterocycles. The van der Waals surface area contributed by atoms with Crippen molar-refractivity contribution in [1.29, 1.82) is 0 Å². The molecule has 126 valence electrons. The average molecular weight is 328 g/mol. The molecule has 1 atom stereocenters. The molecular formula is C17H20N4O3. The highest BCUT2D eigenvalue weighted by Crippen LogP contribution is 2.21. The Balaban J connectivity index is 1.46. The minimum absolute atomic E-state index is 0.0495. The zero-order chi connectivity index (χ0) is 16.9. The zero-order valence-corrected chi connectivity index (χ0v) is 13.4. The molecule has 0 saturated carbocycles. The van der Waals surface area contributed by atoms with Gasteiger partial charge >= 0.3 is 5.69 Å². The Hall–Kier alpha value is -2.70. The van der Waals surface area contributed by atoms with Crippen molar-refractivity contribution in [2.75, 3.05) is 13.1 Å². The van der Waals surface area contributed by atoms with Crippen LogP contribution in [0.2, 0.25) is 0 Å². The van der Waals surface area contributed by atoms with E-state index in [1.54, 1.807) is 0 Å². The highest BCUT2D eigenvalue weighted by atomic mass is 16.6. The van der Waals surface area contributed by atoms with Gasteiger partial charge in [-0.05, 0) is 24.3 Å². The third kappa shape index (κ3) is 3.98. The van der Waals surface area contributed by atoms with E-state index in [0.29, 0.717) is 18.9 Å². The molecule has 7 heteroatoms. The van der Waals surface area contributed by atoms with Gasteiger partial charge in [0.1, 0.15) is 12.4 Å². The van der Waals surface area contributed by atoms with Crippen molar-refractivity contribution in [3.63, 3.8) is 0 Å². The SMILES string of the molecule is O=C(CCn1cc([N+](=O)[O-])cn1)N1CC[C@@H](Cc2ccccc2)C1. The summed E-state index contributed by atoms with van der Waals surface area (Å²) in [6.07, 6.45) is 4.90. The molecule has 1 aromatic carbocycles. The van der Waals surface area contributed by atoms with Gasteiger partial charge in [-0.1, -0.05) is 30.3 Å². The summed E-state index contributed by atoms with van der Waals surface area (Å²) in [6.45, 7) is 1.94.